The lowest BCUT2D eigenvalue weighted by Crippen LogP contribution is -2.46. The van der Waals surface area contributed by atoms with Crippen LogP contribution < -0.4 is 5.32 Å². The number of hydrogen-bond donors (Lipinski definition) is 1. The van der Waals surface area contributed by atoms with E-state index >= 15 is 0 Å². The van der Waals surface area contributed by atoms with E-state index in [1.807, 2.05) is 24.3 Å². The average Bonchev–Trinajstić information content (AvgIpc) is 2.29. The van der Waals surface area contributed by atoms with Crippen LogP contribution in [0.15, 0.2) is 24.3 Å². The number of benzene rings is 1. The number of rotatable bonds is 2. The Kier molecular flexibility index (Phi) is 4.39. The summed E-state index contributed by atoms with van der Waals surface area (Å²) in [5.74, 6) is 0.0452. The summed E-state index contributed by atoms with van der Waals surface area (Å²) < 4.78 is 1.09. The van der Waals surface area contributed by atoms with Gasteiger partial charge in [0.15, 0.2) is 0 Å². The van der Waals surface area contributed by atoms with Crippen molar-refractivity contribution in [1.29, 1.82) is 0 Å². The molecular weight excluding hydrogens is 327 g/mol. The van der Waals surface area contributed by atoms with Gasteiger partial charge in [-0.25, -0.2) is 0 Å². The van der Waals surface area contributed by atoms with Gasteiger partial charge in [-0.3, -0.25) is 4.79 Å². The van der Waals surface area contributed by atoms with Crippen LogP contribution in [0.4, 0.5) is 0 Å². The number of nitrogens with one attached hydrogen (secondary N) is 1. The van der Waals surface area contributed by atoms with Gasteiger partial charge in [0.2, 0.25) is 0 Å². The lowest BCUT2D eigenvalue weighted by molar-refractivity contribution is 0.0912. The van der Waals surface area contributed by atoms with Crippen molar-refractivity contribution >= 4 is 28.5 Å². The molecule has 2 rings (SSSR count). The van der Waals surface area contributed by atoms with Gasteiger partial charge in [-0.05, 0) is 67.2 Å². The Morgan fingerprint density at radius 1 is 1.53 bits per heavy atom. The van der Waals surface area contributed by atoms with Crippen molar-refractivity contribution in [3.05, 3.63) is 33.4 Å². The largest absolute Gasteiger partial charge is 0.348 e. The molecule has 1 aliphatic heterocycles. The van der Waals surface area contributed by atoms with E-state index < -0.39 is 0 Å². The standard InChI is InChI=1S/C13H17IN2O/c1-16-7-3-6-12(9-16)15-13(17)10-4-2-5-11(14)8-10/h2,4-5,8,12H,3,6-7,9H2,1H3,(H,15,17). The fraction of sp³-hybridized carbons (Fsp3) is 0.462. The van der Waals surface area contributed by atoms with Crippen molar-refractivity contribution in [1.82, 2.24) is 10.2 Å². The molecule has 0 spiro atoms. The topological polar surface area (TPSA) is 32.3 Å². The van der Waals surface area contributed by atoms with Crippen molar-refractivity contribution in [3.8, 4) is 0 Å². The average molecular weight is 344 g/mol. The lowest BCUT2D eigenvalue weighted by Gasteiger charge is -2.30. The first-order valence-electron chi connectivity index (χ1n) is 5.90. The van der Waals surface area contributed by atoms with Gasteiger partial charge in [-0.15, -0.1) is 0 Å². The highest BCUT2D eigenvalue weighted by molar-refractivity contribution is 14.1. The van der Waals surface area contributed by atoms with Gasteiger partial charge in [0.1, 0.15) is 0 Å². The van der Waals surface area contributed by atoms with Crippen LogP contribution in [0.5, 0.6) is 0 Å². The van der Waals surface area contributed by atoms with Crippen LogP contribution in [0, 0.1) is 3.57 Å². The quantitative estimate of drug-likeness (QED) is 0.834. The highest BCUT2D eigenvalue weighted by Gasteiger charge is 2.19. The molecule has 4 heteroatoms. The van der Waals surface area contributed by atoms with Crippen LogP contribution in [0.1, 0.15) is 23.2 Å². The highest BCUT2D eigenvalue weighted by Crippen LogP contribution is 2.11. The second kappa shape index (κ2) is 5.82. The minimum Gasteiger partial charge on any atom is -0.348 e. The molecule has 17 heavy (non-hydrogen) atoms. The van der Waals surface area contributed by atoms with Gasteiger partial charge in [0, 0.05) is 21.7 Å². The molecule has 0 aromatic heterocycles. The summed E-state index contributed by atoms with van der Waals surface area (Å²) in [5, 5.41) is 3.11. The molecule has 1 unspecified atom stereocenters. The molecule has 1 heterocycles. The first-order valence-corrected chi connectivity index (χ1v) is 6.98. The third-order valence-corrected chi connectivity index (χ3v) is 3.72. The first kappa shape index (κ1) is 12.8. The number of carbonyl (C=O) groups excluding carboxylic acids is 1. The number of halogens is 1. The van der Waals surface area contributed by atoms with Crippen molar-refractivity contribution in [2.24, 2.45) is 0 Å². The number of nitrogens with zero attached hydrogens (tertiary/aromatic N) is 1. The summed E-state index contributed by atoms with van der Waals surface area (Å²) in [6.45, 7) is 2.09. The fourth-order valence-corrected chi connectivity index (χ4v) is 2.73. The normalized spacial score (nSPS) is 21.2. The summed E-state index contributed by atoms with van der Waals surface area (Å²) in [5.41, 5.74) is 0.755. The number of hydrogen-bond acceptors (Lipinski definition) is 2. The number of likely N-dealkylation sites (N-methyl/N-ethyl adjacent to an activating group) is 1. The van der Waals surface area contributed by atoms with E-state index in [9.17, 15) is 4.79 Å². The monoisotopic (exact) mass is 344 g/mol. The minimum absolute atomic E-state index is 0.0452. The van der Waals surface area contributed by atoms with E-state index in [1.54, 1.807) is 0 Å². The molecule has 1 aromatic rings. The van der Waals surface area contributed by atoms with Gasteiger partial charge < -0.3 is 10.2 Å². The Balaban J connectivity index is 1.97. The van der Waals surface area contributed by atoms with Crippen molar-refractivity contribution in [2.45, 2.75) is 18.9 Å². The lowest BCUT2D eigenvalue weighted by atomic mass is 10.1. The molecule has 0 radical (unpaired) electrons. The third kappa shape index (κ3) is 3.67. The van der Waals surface area contributed by atoms with Crippen molar-refractivity contribution in [3.63, 3.8) is 0 Å². The van der Waals surface area contributed by atoms with Crippen LogP contribution in [0.3, 0.4) is 0 Å². The van der Waals surface area contributed by atoms with Crippen molar-refractivity contribution < 1.29 is 4.79 Å². The van der Waals surface area contributed by atoms with Crippen molar-refractivity contribution in [2.75, 3.05) is 20.1 Å². The van der Waals surface area contributed by atoms with Crippen LogP contribution in [0.25, 0.3) is 0 Å². The Morgan fingerprint density at radius 3 is 3.06 bits per heavy atom. The predicted octanol–water partition coefficient (Wildman–Crippen LogP) is 2.12. The molecule has 1 amide bonds. The van der Waals surface area contributed by atoms with E-state index in [0.29, 0.717) is 6.04 Å². The molecule has 1 aliphatic rings. The summed E-state index contributed by atoms with van der Waals surface area (Å²) in [6.07, 6.45) is 2.24. The molecule has 0 aliphatic carbocycles. The number of amides is 1. The smallest absolute Gasteiger partial charge is 0.251 e. The molecule has 0 bridgehead atoms. The number of likely N-dealkylation sites (tertiary alicyclic amines) is 1. The first-order chi connectivity index (χ1) is 8.15. The Bertz CT molecular complexity index is 408. The van der Waals surface area contributed by atoms with E-state index in [-0.39, 0.29) is 5.91 Å². The second-order valence-electron chi connectivity index (χ2n) is 4.59. The number of piperidine rings is 1. The summed E-state index contributed by atoms with van der Waals surface area (Å²) in [6, 6.07) is 7.99. The molecule has 3 nitrogen and oxygen atoms in total. The van der Waals surface area contributed by atoms with Gasteiger partial charge >= 0.3 is 0 Å². The van der Waals surface area contributed by atoms with E-state index in [2.05, 4.69) is 39.9 Å². The van der Waals surface area contributed by atoms with Crippen LogP contribution in [-0.4, -0.2) is 37.0 Å². The molecule has 1 N–H and O–H groups in total. The zero-order valence-corrected chi connectivity index (χ0v) is 12.1. The van der Waals surface area contributed by atoms with Gasteiger partial charge in [-0.1, -0.05) is 6.07 Å². The van der Waals surface area contributed by atoms with E-state index in [4.69, 9.17) is 0 Å². The molecule has 1 aromatic carbocycles. The fourth-order valence-electron chi connectivity index (χ4n) is 2.18. The molecule has 1 saturated heterocycles. The third-order valence-electron chi connectivity index (χ3n) is 3.05. The highest BCUT2D eigenvalue weighted by atomic mass is 127. The summed E-state index contributed by atoms with van der Waals surface area (Å²) in [4.78, 5) is 14.3. The predicted molar refractivity (Wildman–Crippen MR) is 77.1 cm³/mol. The maximum atomic E-state index is 12.0. The van der Waals surface area contributed by atoms with E-state index in [1.165, 1.54) is 0 Å². The minimum atomic E-state index is 0.0452. The van der Waals surface area contributed by atoms with Crippen LogP contribution in [0.2, 0.25) is 0 Å². The molecule has 1 atom stereocenters. The van der Waals surface area contributed by atoms with Crippen LogP contribution in [-0.2, 0) is 0 Å². The summed E-state index contributed by atoms with van der Waals surface area (Å²) in [7, 11) is 2.10. The second-order valence-corrected chi connectivity index (χ2v) is 5.83. The van der Waals surface area contributed by atoms with Gasteiger partial charge in [0.05, 0.1) is 0 Å². The summed E-state index contributed by atoms with van der Waals surface area (Å²) >= 11 is 2.22. The van der Waals surface area contributed by atoms with Gasteiger partial charge in [-0.2, -0.15) is 0 Å². The number of carbonyl (C=O) groups is 1. The molecule has 0 saturated carbocycles. The zero-order valence-electron chi connectivity index (χ0n) is 9.95. The Hall–Kier alpha value is -0.620. The zero-order chi connectivity index (χ0) is 12.3. The van der Waals surface area contributed by atoms with Gasteiger partial charge in [0.25, 0.3) is 5.91 Å². The van der Waals surface area contributed by atoms with E-state index in [0.717, 1.165) is 35.1 Å². The van der Waals surface area contributed by atoms with Crippen LogP contribution >= 0.6 is 22.6 Å². The Morgan fingerprint density at radius 2 is 2.35 bits per heavy atom. The molecular formula is C13H17IN2O. The maximum Gasteiger partial charge on any atom is 0.251 e. The maximum absolute atomic E-state index is 12.0. The molecule has 92 valence electrons. The molecule has 1 fully saturated rings. The SMILES string of the molecule is CN1CCCC(NC(=O)c2cccc(I)c2)C1. The Labute approximate surface area is 116 Å².